The average Bonchev–Trinajstić information content (AvgIpc) is 2.15. The lowest BCUT2D eigenvalue weighted by molar-refractivity contribution is 0.274. The van der Waals surface area contributed by atoms with Crippen molar-refractivity contribution in [1.82, 2.24) is 4.98 Å². The van der Waals surface area contributed by atoms with Crippen molar-refractivity contribution in [2.24, 2.45) is 0 Å². The SMILES string of the molecule is CCC(CCO)c1ccc(Cl)nc1Cl. The van der Waals surface area contributed by atoms with Gasteiger partial charge in [0, 0.05) is 6.61 Å². The van der Waals surface area contributed by atoms with Crippen LogP contribution in [0.1, 0.15) is 31.2 Å². The van der Waals surface area contributed by atoms with E-state index in [0.717, 1.165) is 12.0 Å². The summed E-state index contributed by atoms with van der Waals surface area (Å²) in [6.07, 6.45) is 1.64. The first-order chi connectivity index (χ1) is 6.69. The van der Waals surface area contributed by atoms with Crippen LogP contribution in [0.4, 0.5) is 0 Å². The molecule has 78 valence electrons. The Morgan fingerprint density at radius 2 is 2.14 bits per heavy atom. The summed E-state index contributed by atoms with van der Waals surface area (Å²) in [5, 5.41) is 9.73. The maximum atomic E-state index is 8.89. The van der Waals surface area contributed by atoms with Crippen LogP contribution >= 0.6 is 23.2 Å². The van der Waals surface area contributed by atoms with Crippen molar-refractivity contribution in [3.8, 4) is 0 Å². The highest BCUT2D eigenvalue weighted by Crippen LogP contribution is 2.29. The molecular weight excluding hydrogens is 221 g/mol. The molecule has 0 aliphatic carbocycles. The Morgan fingerprint density at radius 1 is 1.43 bits per heavy atom. The number of aliphatic hydroxyl groups excluding tert-OH is 1. The van der Waals surface area contributed by atoms with Gasteiger partial charge in [-0.3, -0.25) is 0 Å². The highest BCUT2D eigenvalue weighted by Gasteiger charge is 2.13. The zero-order chi connectivity index (χ0) is 10.6. The van der Waals surface area contributed by atoms with E-state index in [-0.39, 0.29) is 12.5 Å². The second-order valence-electron chi connectivity index (χ2n) is 3.13. The van der Waals surface area contributed by atoms with Crippen molar-refractivity contribution in [2.75, 3.05) is 6.61 Å². The van der Waals surface area contributed by atoms with Crippen LogP contribution in [0.3, 0.4) is 0 Å². The van der Waals surface area contributed by atoms with E-state index in [1.165, 1.54) is 0 Å². The molecule has 1 rings (SSSR count). The van der Waals surface area contributed by atoms with E-state index < -0.39 is 0 Å². The molecule has 0 radical (unpaired) electrons. The Bertz CT molecular complexity index is 304. The van der Waals surface area contributed by atoms with Crippen LogP contribution in [0, 0.1) is 0 Å². The summed E-state index contributed by atoms with van der Waals surface area (Å²) in [4.78, 5) is 3.97. The van der Waals surface area contributed by atoms with Crippen molar-refractivity contribution in [1.29, 1.82) is 0 Å². The van der Waals surface area contributed by atoms with Gasteiger partial charge in [0.1, 0.15) is 10.3 Å². The summed E-state index contributed by atoms with van der Waals surface area (Å²) in [5.41, 5.74) is 0.965. The molecule has 0 spiro atoms. The third-order valence-electron chi connectivity index (χ3n) is 2.25. The van der Waals surface area contributed by atoms with E-state index in [1.54, 1.807) is 6.07 Å². The number of hydrogen-bond acceptors (Lipinski definition) is 2. The highest BCUT2D eigenvalue weighted by atomic mass is 35.5. The van der Waals surface area contributed by atoms with Crippen LogP contribution in [0.15, 0.2) is 12.1 Å². The lowest BCUT2D eigenvalue weighted by Crippen LogP contribution is -2.02. The Kier molecular flexibility index (Phi) is 4.66. The number of hydrogen-bond donors (Lipinski definition) is 1. The molecule has 1 atom stereocenters. The van der Waals surface area contributed by atoms with E-state index in [1.807, 2.05) is 6.07 Å². The van der Waals surface area contributed by atoms with Gasteiger partial charge in [-0.2, -0.15) is 0 Å². The molecular formula is C10H13Cl2NO. The lowest BCUT2D eigenvalue weighted by atomic mass is 9.95. The van der Waals surface area contributed by atoms with Gasteiger partial charge in [0.15, 0.2) is 0 Å². The Hall–Kier alpha value is -0.310. The zero-order valence-electron chi connectivity index (χ0n) is 8.00. The number of nitrogens with zero attached hydrogens (tertiary/aromatic N) is 1. The van der Waals surface area contributed by atoms with Gasteiger partial charge in [-0.15, -0.1) is 0 Å². The minimum absolute atomic E-state index is 0.164. The van der Waals surface area contributed by atoms with Crippen LogP contribution in [0.5, 0.6) is 0 Å². The van der Waals surface area contributed by atoms with Crippen molar-refractivity contribution >= 4 is 23.2 Å². The van der Waals surface area contributed by atoms with Crippen LogP contribution < -0.4 is 0 Å². The molecule has 0 saturated heterocycles. The molecule has 4 heteroatoms. The van der Waals surface area contributed by atoms with Gasteiger partial charge < -0.3 is 5.11 Å². The predicted molar refractivity (Wildman–Crippen MR) is 59.0 cm³/mol. The van der Waals surface area contributed by atoms with E-state index in [2.05, 4.69) is 11.9 Å². The van der Waals surface area contributed by atoms with Crippen LogP contribution in [0.25, 0.3) is 0 Å². The quantitative estimate of drug-likeness (QED) is 0.811. The first kappa shape index (κ1) is 11.8. The maximum Gasteiger partial charge on any atom is 0.134 e. The summed E-state index contributed by atoms with van der Waals surface area (Å²) in [6.45, 7) is 2.22. The normalized spacial score (nSPS) is 12.9. The van der Waals surface area contributed by atoms with Crippen molar-refractivity contribution in [3.63, 3.8) is 0 Å². The molecule has 0 aromatic carbocycles. The summed E-state index contributed by atoms with van der Waals surface area (Å²) >= 11 is 11.7. The third kappa shape index (κ3) is 2.84. The van der Waals surface area contributed by atoms with Crippen LogP contribution in [-0.4, -0.2) is 16.7 Å². The standard InChI is InChI=1S/C10H13Cl2NO/c1-2-7(5-6-14)8-3-4-9(11)13-10(8)12/h3-4,7,14H,2,5-6H2,1H3. The molecule has 0 aliphatic heterocycles. The zero-order valence-corrected chi connectivity index (χ0v) is 9.52. The third-order valence-corrected chi connectivity index (χ3v) is 2.77. The number of pyridine rings is 1. The fraction of sp³-hybridized carbons (Fsp3) is 0.500. The van der Waals surface area contributed by atoms with E-state index in [0.29, 0.717) is 16.7 Å². The van der Waals surface area contributed by atoms with Crippen molar-refractivity contribution in [3.05, 3.63) is 28.0 Å². The van der Waals surface area contributed by atoms with Gasteiger partial charge in [0.25, 0.3) is 0 Å². The fourth-order valence-corrected chi connectivity index (χ4v) is 1.96. The van der Waals surface area contributed by atoms with Crippen molar-refractivity contribution in [2.45, 2.75) is 25.7 Å². The van der Waals surface area contributed by atoms with Gasteiger partial charge in [0.2, 0.25) is 0 Å². The maximum absolute atomic E-state index is 8.89. The summed E-state index contributed by atoms with van der Waals surface area (Å²) in [5.74, 6) is 0.261. The van der Waals surface area contributed by atoms with E-state index >= 15 is 0 Å². The first-order valence-corrected chi connectivity index (χ1v) is 5.37. The van der Waals surface area contributed by atoms with Gasteiger partial charge >= 0.3 is 0 Å². The molecule has 1 aromatic rings. The monoisotopic (exact) mass is 233 g/mol. The summed E-state index contributed by atoms with van der Waals surface area (Å²) < 4.78 is 0. The number of halogens is 2. The molecule has 0 bridgehead atoms. The van der Waals surface area contributed by atoms with Crippen LogP contribution in [-0.2, 0) is 0 Å². The largest absolute Gasteiger partial charge is 0.396 e. The van der Waals surface area contributed by atoms with E-state index in [9.17, 15) is 0 Å². The van der Waals surface area contributed by atoms with Crippen LogP contribution in [0.2, 0.25) is 10.3 Å². The highest BCUT2D eigenvalue weighted by molar-refractivity contribution is 6.32. The molecule has 0 aliphatic rings. The Morgan fingerprint density at radius 3 is 2.64 bits per heavy atom. The minimum atomic E-state index is 0.164. The smallest absolute Gasteiger partial charge is 0.134 e. The van der Waals surface area contributed by atoms with Gasteiger partial charge in [-0.1, -0.05) is 36.2 Å². The molecule has 0 amide bonds. The summed E-state index contributed by atoms with van der Waals surface area (Å²) in [6, 6.07) is 3.60. The predicted octanol–water partition coefficient (Wildman–Crippen LogP) is 3.26. The second-order valence-corrected chi connectivity index (χ2v) is 3.88. The molecule has 1 N–H and O–H groups in total. The molecule has 0 fully saturated rings. The summed E-state index contributed by atoms with van der Waals surface area (Å²) in [7, 11) is 0. The molecule has 1 unspecified atom stereocenters. The van der Waals surface area contributed by atoms with E-state index in [4.69, 9.17) is 28.3 Å². The van der Waals surface area contributed by atoms with Gasteiger partial charge in [-0.05, 0) is 30.4 Å². The number of aromatic nitrogens is 1. The Balaban J connectivity index is 2.92. The van der Waals surface area contributed by atoms with Gasteiger partial charge in [-0.25, -0.2) is 4.98 Å². The first-order valence-electron chi connectivity index (χ1n) is 4.61. The molecule has 1 heterocycles. The number of aliphatic hydroxyl groups is 1. The topological polar surface area (TPSA) is 33.1 Å². The average molecular weight is 234 g/mol. The van der Waals surface area contributed by atoms with Crippen molar-refractivity contribution < 1.29 is 5.11 Å². The Labute approximate surface area is 93.9 Å². The molecule has 0 saturated carbocycles. The molecule has 1 aromatic heterocycles. The fourth-order valence-electron chi connectivity index (χ4n) is 1.46. The van der Waals surface area contributed by atoms with Gasteiger partial charge in [0.05, 0.1) is 0 Å². The lowest BCUT2D eigenvalue weighted by Gasteiger charge is -2.14. The molecule has 2 nitrogen and oxygen atoms in total. The minimum Gasteiger partial charge on any atom is -0.396 e. The number of rotatable bonds is 4. The second kappa shape index (κ2) is 5.54. The molecule has 14 heavy (non-hydrogen) atoms.